The Morgan fingerprint density at radius 2 is 2.04 bits per heavy atom. The molecule has 1 fully saturated rings. The van der Waals surface area contributed by atoms with Crippen LogP contribution in [0.2, 0.25) is 5.02 Å². The summed E-state index contributed by atoms with van der Waals surface area (Å²) in [5.74, 6) is 0.795. The number of carbonyl (C=O) groups is 1. The standard InChI is InChI=1S/C19H21ClF3NO4/c1-4-16(25)24(18(17(26)27)8-7-11(2)12(3)10-18)13-5-6-15(14(20)9-13)28-19(21,22)23/h1,5-6,9,11-12,17,26-27H,7-8,10H2,2-3H3. The second-order valence-electron chi connectivity index (χ2n) is 7.12. The number of halogens is 4. The van der Waals surface area contributed by atoms with Gasteiger partial charge in [-0.25, -0.2) is 0 Å². The number of aliphatic hydroxyl groups excluding tert-OH is 1. The molecule has 1 aliphatic rings. The van der Waals surface area contributed by atoms with Crippen LogP contribution in [0.4, 0.5) is 18.9 Å². The topological polar surface area (TPSA) is 70.0 Å². The molecule has 0 aromatic heterocycles. The van der Waals surface area contributed by atoms with Gasteiger partial charge in [-0.15, -0.1) is 19.6 Å². The zero-order valence-corrected chi connectivity index (χ0v) is 16.1. The fraction of sp³-hybridized carbons (Fsp3) is 0.526. The van der Waals surface area contributed by atoms with Gasteiger partial charge in [0.15, 0.2) is 6.29 Å². The normalized spacial score (nSPS) is 25.3. The summed E-state index contributed by atoms with van der Waals surface area (Å²) in [6, 6.07) is 3.22. The van der Waals surface area contributed by atoms with Gasteiger partial charge in [-0.05, 0) is 55.2 Å². The molecule has 0 spiro atoms. The first-order chi connectivity index (χ1) is 12.9. The van der Waals surface area contributed by atoms with Crippen molar-refractivity contribution in [2.45, 2.75) is 51.3 Å². The van der Waals surface area contributed by atoms with E-state index < -0.39 is 34.9 Å². The van der Waals surface area contributed by atoms with E-state index >= 15 is 0 Å². The number of nitrogens with zero attached hydrogens (tertiary/aromatic N) is 1. The van der Waals surface area contributed by atoms with Gasteiger partial charge in [0.05, 0.1) is 10.6 Å². The van der Waals surface area contributed by atoms with Crippen LogP contribution in [0.5, 0.6) is 5.75 Å². The molecule has 5 nitrogen and oxygen atoms in total. The van der Waals surface area contributed by atoms with Crippen LogP contribution in [-0.4, -0.2) is 34.3 Å². The number of benzene rings is 1. The lowest BCUT2D eigenvalue weighted by Crippen LogP contribution is -2.62. The highest BCUT2D eigenvalue weighted by molar-refractivity contribution is 6.32. The van der Waals surface area contributed by atoms with Crippen molar-refractivity contribution in [2.75, 3.05) is 4.90 Å². The molecular formula is C19H21ClF3NO4. The van der Waals surface area contributed by atoms with Crippen molar-refractivity contribution in [3.8, 4) is 18.1 Å². The van der Waals surface area contributed by atoms with Crippen LogP contribution in [-0.2, 0) is 4.79 Å². The molecule has 0 bridgehead atoms. The first-order valence-electron chi connectivity index (χ1n) is 8.63. The second-order valence-corrected chi connectivity index (χ2v) is 7.53. The quantitative estimate of drug-likeness (QED) is 0.576. The van der Waals surface area contributed by atoms with Crippen LogP contribution in [0.1, 0.15) is 33.1 Å². The number of anilines is 1. The van der Waals surface area contributed by atoms with Crippen LogP contribution in [0, 0.1) is 24.2 Å². The molecule has 0 radical (unpaired) electrons. The molecule has 1 aliphatic carbocycles. The monoisotopic (exact) mass is 419 g/mol. The van der Waals surface area contributed by atoms with Crippen LogP contribution < -0.4 is 9.64 Å². The molecule has 0 aliphatic heterocycles. The average Bonchev–Trinajstić information content (AvgIpc) is 2.59. The molecule has 1 amide bonds. The van der Waals surface area contributed by atoms with Gasteiger partial charge in [0.2, 0.25) is 0 Å². The minimum atomic E-state index is -4.93. The predicted molar refractivity (Wildman–Crippen MR) is 97.6 cm³/mol. The Bertz CT molecular complexity index is 777. The highest BCUT2D eigenvalue weighted by atomic mass is 35.5. The van der Waals surface area contributed by atoms with Crippen molar-refractivity contribution in [2.24, 2.45) is 11.8 Å². The van der Waals surface area contributed by atoms with Gasteiger partial charge in [-0.1, -0.05) is 25.4 Å². The molecule has 1 saturated carbocycles. The molecule has 28 heavy (non-hydrogen) atoms. The number of carbonyl (C=O) groups excluding carboxylic acids is 1. The maximum Gasteiger partial charge on any atom is 0.573 e. The molecule has 1 aromatic rings. The minimum Gasteiger partial charge on any atom is -0.404 e. The van der Waals surface area contributed by atoms with Crippen LogP contribution in [0.3, 0.4) is 0 Å². The summed E-state index contributed by atoms with van der Waals surface area (Å²) in [4.78, 5) is 13.6. The molecule has 154 valence electrons. The summed E-state index contributed by atoms with van der Waals surface area (Å²) in [6.07, 6.45) is -0.461. The van der Waals surface area contributed by atoms with E-state index in [0.29, 0.717) is 12.3 Å². The molecule has 9 heteroatoms. The van der Waals surface area contributed by atoms with Gasteiger partial charge >= 0.3 is 12.3 Å². The van der Waals surface area contributed by atoms with E-state index in [0.717, 1.165) is 17.0 Å². The number of ether oxygens (including phenoxy) is 1. The van der Waals surface area contributed by atoms with E-state index in [4.69, 9.17) is 18.0 Å². The zero-order chi connectivity index (χ0) is 21.3. The molecular weight excluding hydrogens is 399 g/mol. The van der Waals surface area contributed by atoms with Gasteiger partial charge in [0.1, 0.15) is 5.75 Å². The molecule has 3 unspecified atom stereocenters. The lowest BCUT2D eigenvalue weighted by Gasteiger charge is -2.50. The van der Waals surface area contributed by atoms with E-state index in [1.54, 1.807) is 0 Å². The van der Waals surface area contributed by atoms with Gasteiger partial charge in [0, 0.05) is 5.69 Å². The Balaban J connectivity index is 2.53. The zero-order valence-electron chi connectivity index (χ0n) is 15.3. The van der Waals surface area contributed by atoms with Gasteiger partial charge < -0.3 is 14.9 Å². The fourth-order valence-corrected chi connectivity index (χ4v) is 3.87. The van der Waals surface area contributed by atoms with Crippen molar-refractivity contribution < 1.29 is 32.9 Å². The highest BCUT2D eigenvalue weighted by Gasteiger charge is 2.49. The lowest BCUT2D eigenvalue weighted by atomic mass is 9.69. The van der Waals surface area contributed by atoms with Gasteiger partial charge in [0.25, 0.3) is 0 Å². The summed E-state index contributed by atoms with van der Waals surface area (Å²) < 4.78 is 41.2. The summed E-state index contributed by atoms with van der Waals surface area (Å²) in [5.41, 5.74) is -1.37. The molecule has 3 atom stereocenters. The molecule has 0 heterocycles. The number of alkyl halides is 3. The van der Waals surface area contributed by atoms with Crippen molar-refractivity contribution >= 4 is 23.2 Å². The Hall–Kier alpha value is -1.95. The maximum absolute atomic E-state index is 12.5. The van der Waals surface area contributed by atoms with E-state index in [2.05, 4.69) is 4.74 Å². The summed E-state index contributed by atoms with van der Waals surface area (Å²) in [5, 5.41) is 19.9. The minimum absolute atomic E-state index is 0.0481. The summed E-state index contributed by atoms with van der Waals surface area (Å²) in [7, 11) is 0. The Labute approximate surface area is 166 Å². The van der Waals surface area contributed by atoms with Crippen molar-refractivity contribution in [1.82, 2.24) is 0 Å². The van der Waals surface area contributed by atoms with E-state index in [9.17, 15) is 28.2 Å². The Morgan fingerprint density at radius 1 is 1.39 bits per heavy atom. The molecule has 2 rings (SSSR count). The van der Waals surface area contributed by atoms with Crippen molar-refractivity contribution in [3.63, 3.8) is 0 Å². The van der Waals surface area contributed by atoms with Crippen molar-refractivity contribution in [1.29, 1.82) is 0 Å². The number of amides is 1. The summed E-state index contributed by atoms with van der Waals surface area (Å²) >= 11 is 5.90. The van der Waals surface area contributed by atoms with Gasteiger partial charge in [-0.3, -0.25) is 9.69 Å². The van der Waals surface area contributed by atoms with Crippen LogP contribution >= 0.6 is 11.6 Å². The first-order valence-corrected chi connectivity index (χ1v) is 9.01. The smallest absolute Gasteiger partial charge is 0.404 e. The van der Waals surface area contributed by atoms with Crippen molar-refractivity contribution in [3.05, 3.63) is 23.2 Å². The van der Waals surface area contributed by atoms with Crippen LogP contribution in [0.25, 0.3) is 0 Å². The summed E-state index contributed by atoms with van der Waals surface area (Å²) in [6.45, 7) is 3.94. The van der Waals surface area contributed by atoms with Gasteiger partial charge in [-0.2, -0.15) is 0 Å². The number of terminal acetylenes is 1. The third-order valence-electron chi connectivity index (χ3n) is 5.33. The Morgan fingerprint density at radius 3 is 2.50 bits per heavy atom. The maximum atomic E-state index is 12.5. The molecule has 2 N–H and O–H groups in total. The number of hydrogen-bond acceptors (Lipinski definition) is 4. The predicted octanol–water partition coefficient (Wildman–Crippen LogP) is 3.71. The first kappa shape index (κ1) is 22.3. The Kier molecular flexibility index (Phi) is 6.54. The largest absolute Gasteiger partial charge is 0.573 e. The highest BCUT2D eigenvalue weighted by Crippen LogP contribution is 2.45. The third kappa shape index (κ3) is 4.54. The molecule has 1 aromatic carbocycles. The van der Waals surface area contributed by atoms with Crippen LogP contribution in [0.15, 0.2) is 18.2 Å². The van der Waals surface area contributed by atoms with E-state index in [1.165, 1.54) is 6.07 Å². The number of rotatable bonds is 4. The lowest BCUT2D eigenvalue weighted by molar-refractivity contribution is -0.274. The van der Waals surface area contributed by atoms with E-state index in [-0.39, 0.29) is 24.4 Å². The second kappa shape index (κ2) is 8.19. The third-order valence-corrected chi connectivity index (χ3v) is 5.63. The number of hydrogen-bond donors (Lipinski definition) is 2. The number of aliphatic hydroxyl groups is 2. The van der Waals surface area contributed by atoms with E-state index in [1.807, 2.05) is 19.8 Å². The fourth-order valence-electron chi connectivity index (χ4n) is 3.65. The SMILES string of the molecule is C#CC(=O)N(c1ccc(OC(F)(F)F)c(Cl)c1)C1(C(O)O)CCC(C)C(C)C1. The molecule has 0 saturated heterocycles. The average molecular weight is 420 g/mol.